The first-order valence-corrected chi connectivity index (χ1v) is 8.09. The Morgan fingerprint density at radius 2 is 2.09 bits per heavy atom. The average Bonchev–Trinajstić information content (AvgIpc) is 3.11. The molecule has 2 aliphatic rings. The molecule has 0 saturated heterocycles. The summed E-state index contributed by atoms with van der Waals surface area (Å²) in [5, 5.41) is 10.2. The number of imidazole rings is 1. The minimum atomic E-state index is -0.296. The van der Waals surface area contributed by atoms with Gasteiger partial charge in [-0.2, -0.15) is 0 Å². The Morgan fingerprint density at radius 3 is 2.91 bits per heavy atom. The lowest BCUT2D eigenvalue weighted by atomic mass is 10.0. The van der Waals surface area contributed by atoms with Gasteiger partial charge in [-0.15, -0.1) is 0 Å². The molecular formula is C17H12BrFN2O. The SMILES string of the molecule is Oc1ccccc1C1[C@@H]2C[C@@H]2c2nc3cc(F)c(Br)cc3n21. The first kappa shape index (κ1) is 12.6. The van der Waals surface area contributed by atoms with Crippen molar-refractivity contribution < 1.29 is 9.50 Å². The van der Waals surface area contributed by atoms with Crippen molar-refractivity contribution in [2.75, 3.05) is 0 Å². The highest BCUT2D eigenvalue weighted by molar-refractivity contribution is 9.10. The molecular weight excluding hydrogens is 347 g/mol. The molecule has 22 heavy (non-hydrogen) atoms. The van der Waals surface area contributed by atoms with E-state index in [9.17, 15) is 9.50 Å². The van der Waals surface area contributed by atoms with Crippen LogP contribution in [0.25, 0.3) is 11.0 Å². The van der Waals surface area contributed by atoms with E-state index in [2.05, 4.69) is 25.5 Å². The van der Waals surface area contributed by atoms with Gasteiger partial charge >= 0.3 is 0 Å². The molecule has 5 rings (SSSR count). The number of halogens is 2. The maximum Gasteiger partial charge on any atom is 0.139 e. The molecule has 3 nitrogen and oxygen atoms in total. The van der Waals surface area contributed by atoms with Crippen LogP contribution >= 0.6 is 15.9 Å². The molecule has 0 amide bonds. The lowest BCUT2D eigenvalue weighted by Gasteiger charge is -2.19. The fourth-order valence-corrected chi connectivity index (χ4v) is 4.15. The minimum absolute atomic E-state index is 0.0866. The van der Waals surface area contributed by atoms with Crippen LogP contribution in [0.2, 0.25) is 0 Å². The van der Waals surface area contributed by atoms with Gasteiger partial charge in [0.2, 0.25) is 0 Å². The van der Waals surface area contributed by atoms with Crippen molar-refractivity contribution in [1.82, 2.24) is 9.55 Å². The fourth-order valence-electron chi connectivity index (χ4n) is 3.82. The normalized spacial score (nSPS) is 25.3. The van der Waals surface area contributed by atoms with Gasteiger partial charge in [0.1, 0.15) is 17.4 Å². The molecule has 5 heteroatoms. The summed E-state index contributed by atoms with van der Waals surface area (Å²) in [6.45, 7) is 0. The third-order valence-electron chi connectivity index (χ3n) is 4.87. The zero-order chi connectivity index (χ0) is 15.0. The largest absolute Gasteiger partial charge is 0.508 e. The van der Waals surface area contributed by atoms with E-state index in [1.165, 1.54) is 6.07 Å². The van der Waals surface area contributed by atoms with E-state index >= 15 is 0 Å². The molecule has 1 aromatic heterocycles. The van der Waals surface area contributed by atoms with E-state index in [0.717, 1.165) is 23.3 Å². The zero-order valence-corrected chi connectivity index (χ0v) is 13.1. The molecule has 2 heterocycles. The Morgan fingerprint density at radius 1 is 1.27 bits per heavy atom. The van der Waals surface area contributed by atoms with Crippen molar-refractivity contribution >= 4 is 27.0 Å². The Hall–Kier alpha value is -1.88. The highest BCUT2D eigenvalue weighted by Crippen LogP contribution is 2.62. The molecule has 0 bridgehead atoms. The summed E-state index contributed by atoms with van der Waals surface area (Å²) in [7, 11) is 0. The number of fused-ring (bicyclic) bond motifs is 5. The molecule has 0 spiro atoms. The summed E-state index contributed by atoms with van der Waals surface area (Å²) in [6.07, 6.45) is 1.09. The summed E-state index contributed by atoms with van der Waals surface area (Å²) in [5.41, 5.74) is 2.53. The average molecular weight is 359 g/mol. The number of phenolic OH excluding ortho intramolecular Hbond substituents is 1. The Bertz CT molecular complexity index is 936. The van der Waals surface area contributed by atoms with E-state index < -0.39 is 0 Å². The summed E-state index contributed by atoms with van der Waals surface area (Å²) in [6, 6.07) is 10.8. The molecule has 1 aliphatic carbocycles. The van der Waals surface area contributed by atoms with Gasteiger partial charge in [0, 0.05) is 17.5 Å². The van der Waals surface area contributed by atoms with Gasteiger partial charge in [0.25, 0.3) is 0 Å². The van der Waals surface area contributed by atoms with Gasteiger partial charge in [-0.1, -0.05) is 18.2 Å². The Labute approximate surface area is 134 Å². The smallest absolute Gasteiger partial charge is 0.139 e. The number of nitrogens with zero attached hydrogens (tertiary/aromatic N) is 2. The van der Waals surface area contributed by atoms with Crippen LogP contribution < -0.4 is 0 Å². The van der Waals surface area contributed by atoms with Gasteiger partial charge in [0.05, 0.1) is 21.5 Å². The van der Waals surface area contributed by atoms with Crippen molar-refractivity contribution in [3.8, 4) is 5.75 Å². The Balaban J connectivity index is 1.79. The molecule has 3 aromatic rings. The van der Waals surface area contributed by atoms with Crippen molar-refractivity contribution in [2.24, 2.45) is 5.92 Å². The van der Waals surface area contributed by atoms with Crippen molar-refractivity contribution in [2.45, 2.75) is 18.4 Å². The first-order chi connectivity index (χ1) is 10.6. The van der Waals surface area contributed by atoms with Crippen molar-refractivity contribution in [3.05, 3.63) is 58.1 Å². The number of rotatable bonds is 1. The summed E-state index contributed by atoms with van der Waals surface area (Å²) in [5.74, 6) is 1.96. The van der Waals surface area contributed by atoms with Gasteiger partial charge in [0.15, 0.2) is 0 Å². The molecule has 2 aromatic carbocycles. The highest BCUT2D eigenvalue weighted by Gasteiger charge is 2.55. The predicted octanol–water partition coefficient (Wildman–Crippen LogP) is 4.35. The lowest BCUT2D eigenvalue weighted by molar-refractivity contribution is 0.448. The summed E-state index contributed by atoms with van der Waals surface area (Å²) >= 11 is 3.26. The standard InChI is InChI=1S/C17H12BrFN2O/c18-11-6-14-13(7-12(11)19)20-17-10-5-9(10)16(21(14)17)8-3-1-2-4-15(8)22/h1-4,6-7,9-10,16,22H,5H2/t9-,10+,16?/m1/s1. The highest BCUT2D eigenvalue weighted by atomic mass is 79.9. The number of para-hydroxylation sites is 1. The van der Waals surface area contributed by atoms with Crippen LogP contribution in [0, 0.1) is 11.7 Å². The molecule has 1 fully saturated rings. The topological polar surface area (TPSA) is 38.1 Å². The first-order valence-electron chi connectivity index (χ1n) is 7.30. The van der Waals surface area contributed by atoms with E-state index in [0.29, 0.717) is 27.6 Å². The number of hydrogen-bond donors (Lipinski definition) is 1. The van der Waals surface area contributed by atoms with Crippen LogP contribution in [-0.4, -0.2) is 14.7 Å². The second-order valence-electron chi connectivity index (χ2n) is 6.10. The molecule has 3 atom stereocenters. The molecule has 1 N–H and O–H groups in total. The molecule has 1 saturated carbocycles. The van der Waals surface area contributed by atoms with Gasteiger partial charge < -0.3 is 9.67 Å². The number of benzene rings is 2. The molecule has 0 radical (unpaired) electrons. The lowest BCUT2D eigenvalue weighted by Crippen LogP contribution is -2.10. The number of hydrogen-bond acceptors (Lipinski definition) is 2. The molecule has 110 valence electrons. The summed E-state index contributed by atoms with van der Waals surface area (Å²) in [4.78, 5) is 4.64. The number of aromatic nitrogens is 2. The van der Waals surface area contributed by atoms with Crippen molar-refractivity contribution in [1.29, 1.82) is 0 Å². The van der Waals surface area contributed by atoms with Crippen LogP contribution in [0.1, 0.15) is 29.8 Å². The Kier molecular flexibility index (Phi) is 2.36. The monoisotopic (exact) mass is 358 g/mol. The second kappa shape index (κ2) is 4.10. The maximum atomic E-state index is 13.8. The van der Waals surface area contributed by atoms with E-state index in [-0.39, 0.29) is 11.9 Å². The third kappa shape index (κ3) is 1.52. The van der Waals surface area contributed by atoms with Crippen molar-refractivity contribution in [3.63, 3.8) is 0 Å². The van der Waals surface area contributed by atoms with E-state index in [1.54, 1.807) is 12.1 Å². The van der Waals surface area contributed by atoms with Crippen LogP contribution in [0.15, 0.2) is 40.9 Å². The van der Waals surface area contributed by atoms with Gasteiger partial charge in [-0.25, -0.2) is 9.37 Å². The van der Waals surface area contributed by atoms with Crippen LogP contribution in [0.5, 0.6) is 5.75 Å². The van der Waals surface area contributed by atoms with E-state index in [1.807, 2.05) is 18.2 Å². The molecule has 1 unspecified atom stereocenters. The minimum Gasteiger partial charge on any atom is -0.508 e. The quantitative estimate of drug-likeness (QED) is 0.702. The van der Waals surface area contributed by atoms with Crippen LogP contribution in [-0.2, 0) is 0 Å². The number of phenols is 1. The second-order valence-corrected chi connectivity index (χ2v) is 6.96. The maximum absolute atomic E-state index is 13.8. The number of aromatic hydroxyl groups is 1. The third-order valence-corrected chi connectivity index (χ3v) is 5.48. The van der Waals surface area contributed by atoms with Crippen LogP contribution in [0.4, 0.5) is 4.39 Å². The predicted molar refractivity (Wildman–Crippen MR) is 84.5 cm³/mol. The summed E-state index contributed by atoms with van der Waals surface area (Å²) < 4.78 is 16.4. The fraction of sp³-hybridized carbons (Fsp3) is 0.235. The molecule has 1 aliphatic heterocycles. The van der Waals surface area contributed by atoms with Gasteiger partial charge in [-0.05, 0) is 40.4 Å². The van der Waals surface area contributed by atoms with Crippen LogP contribution in [0.3, 0.4) is 0 Å². The van der Waals surface area contributed by atoms with E-state index in [4.69, 9.17) is 0 Å². The van der Waals surface area contributed by atoms with Gasteiger partial charge in [-0.3, -0.25) is 0 Å². The zero-order valence-electron chi connectivity index (χ0n) is 11.5.